The molecular weight excluding hydrogens is 672 g/mol. The fourth-order valence-electron chi connectivity index (χ4n) is 6.18. The van der Waals surface area contributed by atoms with E-state index < -0.39 is 11.8 Å². The fourth-order valence-corrected chi connectivity index (χ4v) is 6.76. The number of carboxylic acids is 1. The third-order valence-electron chi connectivity index (χ3n) is 8.90. The van der Waals surface area contributed by atoms with Crippen molar-refractivity contribution < 1.29 is 23.8 Å². The molecule has 1 aromatic carbocycles. The molecule has 2 fully saturated rings. The van der Waals surface area contributed by atoms with E-state index in [1.165, 1.54) is 6.20 Å². The van der Waals surface area contributed by atoms with E-state index in [1.54, 1.807) is 31.5 Å². The molecule has 2 aliphatic heterocycles. The van der Waals surface area contributed by atoms with Crippen molar-refractivity contribution in [3.8, 4) is 28.4 Å². The monoisotopic (exact) mass is 707 g/mol. The molecule has 0 spiro atoms. The smallest absolute Gasteiger partial charge is 0.306 e. The van der Waals surface area contributed by atoms with Gasteiger partial charge in [0.1, 0.15) is 0 Å². The number of pyridine rings is 3. The van der Waals surface area contributed by atoms with Gasteiger partial charge < -0.3 is 25.8 Å². The van der Waals surface area contributed by atoms with Crippen molar-refractivity contribution in [2.24, 2.45) is 5.92 Å². The lowest BCUT2D eigenvalue weighted by Gasteiger charge is -2.30. The number of carboxylic acid groups (broad SMARTS) is 1. The molecule has 256 valence electrons. The van der Waals surface area contributed by atoms with E-state index in [0.29, 0.717) is 96.7 Å². The molecule has 11 nitrogen and oxygen atoms in total. The van der Waals surface area contributed by atoms with Gasteiger partial charge in [-0.3, -0.25) is 19.5 Å². The molecule has 4 aromatic rings. The molecule has 0 saturated carbocycles. The number of halogens is 3. The highest BCUT2D eigenvalue weighted by Gasteiger charge is 2.26. The number of likely N-dealkylation sites (tertiary alicyclic amines) is 1. The summed E-state index contributed by atoms with van der Waals surface area (Å²) in [5, 5.41) is 19.2. The Labute approximate surface area is 293 Å². The van der Waals surface area contributed by atoms with Crippen LogP contribution in [0.5, 0.6) is 5.88 Å². The molecule has 4 N–H and O–H groups in total. The van der Waals surface area contributed by atoms with Gasteiger partial charge in [0.2, 0.25) is 11.8 Å². The molecule has 0 radical (unpaired) electrons. The van der Waals surface area contributed by atoms with Crippen molar-refractivity contribution in [1.29, 1.82) is 0 Å². The van der Waals surface area contributed by atoms with Gasteiger partial charge in [-0.15, -0.1) is 0 Å². The van der Waals surface area contributed by atoms with Gasteiger partial charge in [-0.05, 0) is 50.6 Å². The predicted octanol–water partition coefficient (Wildman–Crippen LogP) is 6.07. The lowest BCUT2D eigenvalue weighted by molar-refractivity contribution is -0.143. The van der Waals surface area contributed by atoms with Crippen LogP contribution < -0.4 is 20.7 Å². The highest BCUT2D eigenvalue weighted by molar-refractivity contribution is 6.39. The lowest BCUT2D eigenvalue weighted by Crippen LogP contribution is -2.36. The third-order valence-corrected chi connectivity index (χ3v) is 9.69. The number of piperidine rings is 1. The number of ether oxygens (including phenoxy) is 1. The summed E-state index contributed by atoms with van der Waals surface area (Å²) in [6, 6.07) is 12.6. The van der Waals surface area contributed by atoms with Crippen LogP contribution in [-0.2, 0) is 22.7 Å². The molecule has 2 saturated heterocycles. The van der Waals surface area contributed by atoms with Crippen molar-refractivity contribution in [3.05, 3.63) is 81.8 Å². The van der Waals surface area contributed by atoms with Crippen molar-refractivity contribution in [3.63, 3.8) is 0 Å². The van der Waals surface area contributed by atoms with Crippen molar-refractivity contribution in [2.45, 2.75) is 44.8 Å². The summed E-state index contributed by atoms with van der Waals surface area (Å²) in [4.78, 5) is 38.3. The second-order valence-corrected chi connectivity index (χ2v) is 12.9. The van der Waals surface area contributed by atoms with E-state index in [2.05, 4.69) is 25.9 Å². The van der Waals surface area contributed by atoms with Crippen molar-refractivity contribution >= 4 is 46.6 Å². The average Bonchev–Trinajstić information content (AvgIpc) is 3.52. The summed E-state index contributed by atoms with van der Waals surface area (Å²) in [5.74, 6) is -1.12. The number of carbonyl (C=O) groups excluding carboxylic acids is 1. The Hall–Kier alpha value is -4.36. The summed E-state index contributed by atoms with van der Waals surface area (Å²) in [7, 11) is 1.56. The summed E-state index contributed by atoms with van der Waals surface area (Å²) < 4.78 is 21.3. The van der Waals surface area contributed by atoms with Crippen LogP contribution in [0.2, 0.25) is 10.0 Å². The van der Waals surface area contributed by atoms with Crippen molar-refractivity contribution in [1.82, 2.24) is 30.5 Å². The molecule has 0 unspecified atom stereocenters. The zero-order valence-electron chi connectivity index (χ0n) is 26.8. The molecular formula is C35H36Cl2FN7O4. The number of nitrogens with one attached hydrogen (secondary N) is 3. The maximum atomic E-state index is 15.7. The van der Waals surface area contributed by atoms with Gasteiger partial charge in [-0.25, -0.2) is 14.4 Å². The standard InChI is InChI=1S/C35H36Cl2FN7O4/c1-49-34-21(17-39-18-23-6-8-28(46)42-23)5-7-26(44-34)24-3-2-4-25(29(24)36)32-30(37)27(10-14-40-32)43-33-31(38)22(9-13-41-33)19-45-15-11-20(12-16-45)35(47)48/h2-5,7,9-10,13-14,20,23,39H,6,8,11-12,15-19H2,1H3,(H,42,46)(H,47,48)(H,40,41,43)/t23-/m0/s1. The minimum absolute atomic E-state index is 0.00990. The maximum Gasteiger partial charge on any atom is 0.306 e. The SMILES string of the molecule is COc1nc(-c2cccc(-c3nccc(Nc4nccc(CN5CCC(C(=O)O)CC5)c4F)c3Cl)c2Cl)ccc1CNC[C@@H]1CCC(=O)N1. The number of rotatable bonds is 12. The highest BCUT2D eigenvalue weighted by atomic mass is 35.5. The minimum atomic E-state index is -0.786. The number of benzene rings is 1. The van der Waals surface area contributed by atoms with Crippen LogP contribution in [0.4, 0.5) is 15.9 Å². The summed E-state index contributed by atoms with van der Waals surface area (Å²) in [5.41, 5.74) is 3.89. The number of carbonyl (C=O) groups is 2. The first-order chi connectivity index (χ1) is 23.7. The first-order valence-electron chi connectivity index (χ1n) is 16.0. The Kier molecular flexibility index (Phi) is 10.9. The summed E-state index contributed by atoms with van der Waals surface area (Å²) in [6.45, 7) is 2.65. The van der Waals surface area contributed by atoms with Gasteiger partial charge in [-0.1, -0.05) is 47.5 Å². The van der Waals surface area contributed by atoms with Gasteiger partial charge in [0, 0.05) is 66.7 Å². The lowest BCUT2D eigenvalue weighted by atomic mass is 9.97. The second kappa shape index (κ2) is 15.5. The largest absolute Gasteiger partial charge is 0.481 e. The zero-order chi connectivity index (χ0) is 34.5. The maximum absolute atomic E-state index is 15.7. The minimum Gasteiger partial charge on any atom is -0.481 e. The molecule has 5 heterocycles. The highest BCUT2D eigenvalue weighted by Crippen LogP contribution is 2.41. The number of anilines is 2. The van der Waals surface area contributed by atoms with Crippen LogP contribution in [-0.4, -0.2) is 69.6 Å². The molecule has 2 aliphatic rings. The van der Waals surface area contributed by atoms with Crippen LogP contribution in [0.3, 0.4) is 0 Å². The molecule has 1 atom stereocenters. The molecule has 0 aliphatic carbocycles. The van der Waals surface area contributed by atoms with Gasteiger partial charge in [0.05, 0.1) is 40.1 Å². The molecule has 49 heavy (non-hydrogen) atoms. The average molecular weight is 709 g/mol. The summed E-state index contributed by atoms with van der Waals surface area (Å²) in [6.07, 6.45) is 5.51. The summed E-state index contributed by atoms with van der Waals surface area (Å²) >= 11 is 13.8. The zero-order valence-corrected chi connectivity index (χ0v) is 28.3. The normalized spacial score (nSPS) is 16.8. The Morgan fingerprint density at radius 3 is 2.55 bits per heavy atom. The number of methoxy groups -OCH3 is 1. The molecule has 1 amide bonds. The first-order valence-corrected chi connectivity index (χ1v) is 16.8. The number of nitrogens with zero attached hydrogens (tertiary/aromatic N) is 4. The van der Waals surface area contributed by atoms with Crippen LogP contribution in [0.15, 0.2) is 54.9 Å². The van der Waals surface area contributed by atoms with E-state index in [1.807, 2.05) is 29.2 Å². The van der Waals surface area contributed by atoms with Crippen LogP contribution in [0, 0.1) is 11.7 Å². The predicted molar refractivity (Wildman–Crippen MR) is 185 cm³/mol. The molecule has 0 bridgehead atoms. The Bertz CT molecular complexity index is 1860. The van der Waals surface area contributed by atoms with Gasteiger partial charge >= 0.3 is 5.97 Å². The van der Waals surface area contributed by atoms with Gasteiger partial charge in [0.25, 0.3) is 0 Å². The number of aliphatic carboxylic acids is 1. The van der Waals surface area contributed by atoms with Crippen LogP contribution >= 0.6 is 23.2 Å². The van der Waals surface area contributed by atoms with Crippen LogP contribution in [0.1, 0.15) is 36.8 Å². The van der Waals surface area contributed by atoms with Gasteiger partial charge in [-0.2, -0.15) is 0 Å². The number of aromatic nitrogens is 3. The quantitative estimate of drug-likeness (QED) is 0.137. The Balaban J connectivity index is 1.18. The number of amides is 1. The van der Waals surface area contributed by atoms with E-state index in [4.69, 9.17) is 32.9 Å². The van der Waals surface area contributed by atoms with Crippen molar-refractivity contribution in [2.75, 3.05) is 32.1 Å². The second-order valence-electron chi connectivity index (χ2n) is 12.1. The van der Waals surface area contributed by atoms with Crippen LogP contribution in [0.25, 0.3) is 22.5 Å². The Morgan fingerprint density at radius 2 is 1.82 bits per heavy atom. The molecule has 14 heteroatoms. The van der Waals surface area contributed by atoms with E-state index in [9.17, 15) is 14.7 Å². The van der Waals surface area contributed by atoms with E-state index >= 15 is 4.39 Å². The van der Waals surface area contributed by atoms with E-state index in [-0.39, 0.29) is 28.7 Å². The third kappa shape index (κ3) is 7.94. The van der Waals surface area contributed by atoms with E-state index in [0.717, 1.165) is 12.0 Å². The molecule has 6 rings (SSSR count). The topological polar surface area (TPSA) is 142 Å². The molecule has 3 aromatic heterocycles. The Morgan fingerprint density at radius 1 is 1.04 bits per heavy atom. The van der Waals surface area contributed by atoms with Gasteiger partial charge in [0.15, 0.2) is 11.6 Å². The fraction of sp³-hybridized carbons (Fsp3) is 0.343. The number of hydrogen-bond acceptors (Lipinski definition) is 9. The first kappa shape index (κ1) is 34.5. The number of hydrogen-bond donors (Lipinski definition) is 4.